The number of methoxy groups -OCH3 is 1. The van der Waals surface area contributed by atoms with Crippen molar-refractivity contribution in [2.45, 2.75) is 25.8 Å². The fourth-order valence-corrected chi connectivity index (χ4v) is 1.77. The number of halogens is 1. The highest BCUT2D eigenvalue weighted by molar-refractivity contribution is 5.51. The summed E-state index contributed by atoms with van der Waals surface area (Å²) in [4.78, 5) is 0. The van der Waals surface area contributed by atoms with E-state index in [1.807, 2.05) is 6.92 Å². The SMILES string of the molecule is COCC(CCCN)Nc1ccc(F)cc1C. The van der Waals surface area contributed by atoms with Crippen LogP contribution in [0.25, 0.3) is 0 Å². The van der Waals surface area contributed by atoms with Gasteiger partial charge in [0.15, 0.2) is 0 Å². The molecule has 1 atom stereocenters. The zero-order valence-electron chi connectivity index (χ0n) is 10.5. The van der Waals surface area contributed by atoms with Crippen LogP contribution in [-0.2, 0) is 4.74 Å². The van der Waals surface area contributed by atoms with Gasteiger partial charge < -0.3 is 15.8 Å². The predicted octanol–water partition coefficient (Wildman–Crippen LogP) is 2.30. The number of rotatable bonds is 7. The molecule has 4 heteroatoms. The number of ether oxygens (including phenoxy) is 1. The highest BCUT2D eigenvalue weighted by Gasteiger charge is 2.09. The Bertz CT molecular complexity index is 344. The quantitative estimate of drug-likeness (QED) is 0.768. The van der Waals surface area contributed by atoms with E-state index < -0.39 is 0 Å². The molecule has 1 aromatic rings. The van der Waals surface area contributed by atoms with Crippen LogP contribution < -0.4 is 11.1 Å². The van der Waals surface area contributed by atoms with Gasteiger partial charge in [0, 0.05) is 18.8 Å². The van der Waals surface area contributed by atoms with Crippen molar-refractivity contribution in [2.24, 2.45) is 5.73 Å². The minimum absolute atomic E-state index is 0.210. The lowest BCUT2D eigenvalue weighted by Crippen LogP contribution is -2.26. The maximum atomic E-state index is 13.0. The molecule has 0 aromatic heterocycles. The van der Waals surface area contributed by atoms with Crippen molar-refractivity contribution in [2.75, 3.05) is 25.6 Å². The number of anilines is 1. The van der Waals surface area contributed by atoms with Gasteiger partial charge in [0.25, 0.3) is 0 Å². The molecule has 0 aliphatic heterocycles. The second-order valence-electron chi connectivity index (χ2n) is 4.19. The summed E-state index contributed by atoms with van der Waals surface area (Å²) in [6.45, 7) is 3.18. The van der Waals surface area contributed by atoms with Crippen molar-refractivity contribution in [1.82, 2.24) is 0 Å². The van der Waals surface area contributed by atoms with Crippen molar-refractivity contribution < 1.29 is 9.13 Å². The molecule has 0 saturated carbocycles. The summed E-state index contributed by atoms with van der Waals surface area (Å²) < 4.78 is 18.1. The minimum Gasteiger partial charge on any atom is -0.383 e. The Morgan fingerprint density at radius 3 is 2.82 bits per heavy atom. The minimum atomic E-state index is -0.210. The predicted molar refractivity (Wildman–Crippen MR) is 68.7 cm³/mol. The maximum Gasteiger partial charge on any atom is 0.123 e. The molecule has 3 nitrogen and oxygen atoms in total. The van der Waals surface area contributed by atoms with E-state index in [-0.39, 0.29) is 11.9 Å². The van der Waals surface area contributed by atoms with Gasteiger partial charge in [0.2, 0.25) is 0 Å². The molecule has 0 fully saturated rings. The monoisotopic (exact) mass is 240 g/mol. The molecular weight excluding hydrogens is 219 g/mol. The molecule has 0 saturated heterocycles. The van der Waals surface area contributed by atoms with Crippen LogP contribution in [0, 0.1) is 12.7 Å². The third-order valence-electron chi connectivity index (χ3n) is 2.67. The van der Waals surface area contributed by atoms with Crippen molar-refractivity contribution in [3.63, 3.8) is 0 Å². The molecule has 1 rings (SSSR count). The fourth-order valence-electron chi connectivity index (χ4n) is 1.77. The average molecular weight is 240 g/mol. The van der Waals surface area contributed by atoms with E-state index >= 15 is 0 Å². The first kappa shape index (κ1) is 13.9. The zero-order valence-corrected chi connectivity index (χ0v) is 10.5. The smallest absolute Gasteiger partial charge is 0.123 e. The second kappa shape index (κ2) is 7.25. The van der Waals surface area contributed by atoms with Crippen molar-refractivity contribution in [3.05, 3.63) is 29.6 Å². The largest absolute Gasteiger partial charge is 0.383 e. The van der Waals surface area contributed by atoms with E-state index in [0.717, 1.165) is 24.1 Å². The first-order valence-electron chi connectivity index (χ1n) is 5.89. The molecule has 0 aliphatic rings. The van der Waals surface area contributed by atoms with Crippen LogP contribution in [-0.4, -0.2) is 26.3 Å². The molecular formula is C13H21FN2O. The summed E-state index contributed by atoms with van der Waals surface area (Å²) in [7, 11) is 1.68. The third kappa shape index (κ3) is 4.71. The number of aryl methyl sites for hydroxylation is 1. The van der Waals surface area contributed by atoms with Gasteiger partial charge in [-0.25, -0.2) is 4.39 Å². The van der Waals surface area contributed by atoms with E-state index in [1.54, 1.807) is 13.2 Å². The summed E-state index contributed by atoms with van der Waals surface area (Å²) in [5, 5.41) is 3.36. The highest BCUT2D eigenvalue weighted by Crippen LogP contribution is 2.17. The van der Waals surface area contributed by atoms with Crippen molar-refractivity contribution >= 4 is 5.69 Å². The van der Waals surface area contributed by atoms with Gasteiger partial charge in [0.05, 0.1) is 6.61 Å². The van der Waals surface area contributed by atoms with Gasteiger partial charge in [-0.3, -0.25) is 0 Å². The normalized spacial score (nSPS) is 12.5. The first-order chi connectivity index (χ1) is 8.17. The van der Waals surface area contributed by atoms with E-state index in [0.29, 0.717) is 13.2 Å². The Labute approximate surface area is 102 Å². The van der Waals surface area contributed by atoms with Gasteiger partial charge in [0.1, 0.15) is 5.82 Å². The number of benzene rings is 1. The summed E-state index contributed by atoms with van der Waals surface area (Å²) in [5.74, 6) is -0.210. The number of hydrogen-bond acceptors (Lipinski definition) is 3. The molecule has 0 bridgehead atoms. The van der Waals surface area contributed by atoms with E-state index in [9.17, 15) is 4.39 Å². The number of hydrogen-bond donors (Lipinski definition) is 2. The summed E-state index contributed by atoms with van der Waals surface area (Å²) >= 11 is 0. The Kier molecular flexibility index (Phi) is 5.94. The van der Waals surface area contributed by atoms with Crippen LogP contribution in [0.15, 0.2) is 18.2 Å². The molecule has 96 valence electrons. The van der Waals surface area contributed by atoms with Crippen molar-refractivity contribution in [3.8, 4) is 0 Å². The molecule has 0 heterocycles. The van der Waals surface area contributed by atoms with Crippen molar-refractivity contribution in [1.29, 1.82) is 0 Å². The van der Waals surface area contributed by atoms with Crippen LogP contribution >= 0.6 is 0 Å². The number of nitrogens with one attached hydrogen (secondary N) is 1. The molecule has 0 spiro atoms. The number of nitrogens with two attached hydrogens (primary N) is 1. The Balaban J connectivity index is 2.64. The van der Waals surface area contributed by atoms with Crippen LogP contribution in [0.1, 0.15) is 18.4 Å². The lowest BCUT2D eigenvalue weighted by Gasteiger charge is -2.20. The topological polar surface area (TPSA) is 47.3 Å². The maximum absolute atomic E-state index is 13.0. The van der Waals surface area contributed by atoms with E-state index in [1.165, 1.54) is 12.1 Å². The standard InChI is InChI=1S/C13H21FN2O/c1-10-8-11(14)5-6-13(10)16-12(9-17-2)4-3-7-15/h5-6,8,12,16H,3-4,7,9,15H2,1-2H3. The average Bonchev–Trinajstić information content (AvgIpc) is 2.29. The van der Waals surface area contributed by atoms with Gasteiger partial charge in [-0.2, -0.15) is 0 Å². The molecule has 1 aromatic carbocycles. The molecule has 1 unspecified atom stereocenters. The first-order valence-corrected chi connectivity index (χ1v) is 5.89. The molecule has 0 radical (unpaired) electrons. The van der Waals surface area contributed by atoms with E-state index in [2.05, 4.69) is 5.32 Å². The fraction of sp³-hybridized carbons (Fsp3) is 0.538. The van der Waals surface area contributed by atoms with Crippen LogP contribution in [0.5, 0.6) is 0 Å². The van der Waals surface area contributed by atoms with Gasteiger partial charge in [-0.05, 0) is 50.1 Å². The van der Waals surface area contributed by atoms with Crippen LogP contribution in [0.3, 0.4) is 0 Å². The zero-order chi connectivity index (χ0) is 12.7. The van der Waals surface area contributed by atoms with Crippen LogP contribution in [0.4, 0.5) is 10.1 Å². The third-order valence-corrected chi connectivity index (χ3v) is 2.67. The van der Waals surface area contributed by atoms with Gasteiger partial charge in [-0.1, -0.05) is 0 Å². The Morgan fingerprint density at radius 2 is 2.24 bits per heavy atom. The Morgan fingerprint density at radius 1 is 1.47 bits per heavy atom. The lowest BCUT2D eigenvalue weighted by atomic mass is 10.1. The van der Waals surface area contributed by atoms with Gasteiger partial charge in [-0.15, -0.1) is 0 Å². The highest BCUT2D eigenvalue weighted by atomic mass is 19.1. The summed E-state index contributed by atoms with van der Waals surface area (Å²) in [6, 6.07) is 4.96. The molecule has 17 heavy (non-hydrogen) atoms. The van der Waals surface area contributed by atoms with Crippen LogP contribution in [0.2, 0.25) is 0 Å². The van der Waals surface area contributed by atoms with Gasteiger partial charge >= 0.3 is 0 Å². The van der Waals surface area contributed by atoms with E-state index in [4.69, 9.17) is 10.5 Å². The molecule has 0 aliphatic carbocycles. The molecule has 0 amide bonds. The molecule has 3 N–H and O–H groups in total. The second-order valence-corrected chi connectivity index (χ2v) is 4.19. The lowest BCUT2D eigenvalue weighted by molar-refractivity contribution is 0.182. The summed E-state index contributed by atoms with van der Waals surface area (Å²) in [6.07, 6.45) is 1.89. The Hall–Kier alpha value is -1.13. The summed E-state index contributed by atoms with van der Waals surface area (Å²) in [5.41, 5.74) is 7.35.